The predicted molar refractivity (Wildman–Crippen MR) is 75.0 cm³/mol. The van der Waals surface area contributed by atoms with Crippen molar-refractivity contribution in [1.82, 2.24) is 4.90 Å². The molecular formula is C15H19NO5. The summed E-state index contributed by atoms with van der Waals surface area (Å²) in [5.74, 6) is -0.991. The van der Waals surface area contributed by atoms with Crippen LogP contribution in [-0.4, -0.2) is 51.8 Å². The van der Waals surface area contributed by atoms with Gasteiger partial charge in [-0.2, -0.15) is 0 Å². The van der Waals surface area contributed by atoms with E-state index in [4.69, 9.17) is 9.84 Å². The van der Waals surface area contributed by atoms with E-state index < -0.39 is 30.1 Å². The second-order valence-corrected chi connectivity index (χ2v) is 5.31. The third-order valence-corrected chi connectivity index (χ3v) is 3.53. The van der Waals surface area contributed by atoms with E-state index in [1.54, 1.807) is 19.1 Å². The molecule has 1 heterocycles. The molecule has 0 radical (unpaired) electrons. The van der Waals surface area contributed by atoms with E-state index in [1.807, 2.05) is 19.1 Å². The number of aryl methyl sites for hydroxylation is 1. The highest BCUT2D eigenvalue weighted by molar-refractivity contribution is 5.87. The lowest BCUT2D eigenvalue weighted by Crippen LogP contribution is -2.46. The lowest BCUT2D eigenvalue weighted by atomic mass is 10.2. The Morgan fingerprint density at radius 2 is 1.95 bits per heavy atom. The van der Waals surface area contributed by atoms with Crippen molar-refractivity contribution < 1.29 is 24.5 Å². The molecular weight excluding hydrogens is 274 g/mol. The highest BCUT2D eigenvalue weighted by atomic mass is 16.5. The van der Waals surface area contributed by atoms with Crippen LogP contribution < -0.4 is 4.74 Å². The number of hydrogen-bond donors (Lipinski definition) is 2. The Morgan fingerprint density at radius 1 is 1.33 bits per heavy atom. The van der Waals surface area contributed by atoms with Gasteiger partial charge in [0.25, 0.3) is 5.91 Å². The Hall–Kier alpha value is -2.08. The molecule has 1 aromatic carbocycles. The van der Waals surface area contributed by atoms with Crippen LogP contribution in [0, 0.1) is 6.92 Å². The van der Waals surface area contributed by atoms with Crippen LogP contribution in [0.25, 0.3) is 0 Å². The molecule has 1 aromatic rings. The van der Waals surface area contributed by atoms with Crippen LogP contribution in [0.3, 0.4) is 0 Å². The minimum Gasteiger partial charge on any atom is -0.481 e. The first-order chi connectivity index (χ1) is 9.88. The molecule has 0 spiro atoms. The molecule has 1 saturated heterocycles. The van der Waals surface area contributed by atoms with Crippen LogP contribution in [-0.2, 0) is 9.59 Å². The van der Waals surface area contributed by atoms with Gasteiger partial charge in [0.05, 0.1) is 6.10 Å². The minimum absolute atomic E-state index is 0.0252. The van der Waals surface area contributed by atoms with Crippen molar-refractivity contribution in [3.8, 4) is 5.75 Å². The molecule has 21 heavy (non-hydrogen) atoms. The fourth-order valence-electron chi connectivity index (χ4n) is 2.40. The molecule has 114 valence electrons. The monoisotopic (exact) mass is 293 g/mol. The smallest absolute Gasteiger partial charge is 0.326 e. The first kappa shape index (κ1) is 15.3. The number of aliphatic carboxylic acids is 1. The quantitative estimate of drug-likeness (QED) is 0.858. The third-order valence-electron chi connectivity index (χ3n) is 3.53. The lowest BCUT2D eigenvalue weighted by molar-refractivity contribution is -0.150. The zero-order valence-electron chi connectivity index (χ0n) is 12.0. The molecule has 0 aromatic heterocycles. The van der Waals surface area contributed by atoms with Gasteiger partial charge in [-0.15, -0.1) is 0 Å². The van der Waals surface area contributed by atoms with Crippen LogP contribution in [0.4, 0.5) is 0 Å². The molecule has 6 heteroatoms. The largest absolute Gasteiger partial charge is 0.481 e. The van der Waals surface area contributed by atoms with Gasteiger partial charge in [-0.25, -0.2) is 4.79 Å². The van der Waals surface area contributed by atoms with Crippen molar-refractivity contribution >= 4 is 11.9 Å². The number of benzene rings is 1. The van der Waals surface area contributed by atoms with Gasteiger partial charge >= 0.3 is 5.97 Å². The van der Waals surface area contributed by atoms with Gasteiger partial charge in [-0.05, 0) is 26.0 Å². The molecule has 1 aliphatic rings. The van der Waals surface area contributed by atoms with E-state index in [-0.39, 0.29) is 13.0 Å². The van der Waals surface area contributed by atoms with Crippen LogP contribution in [0.2, 0.25) is 0 Å². The maximum atomic E-state index is 12.3. The Morgan fingerprint density at radius 3 is 2.52 bits per heavy atom. The number of amides is 1. The molecule has 2 N–H and O–H groups in total. The summed E-state index contributed by atoms with van der Waals surface area (Å²) in [5.41, 5.74) is 1.08. The Bertz CT molecular complexity index is 527. The van der Waals surface area contributed by atoms with Gasteiger partial charge in [-0.1, -0.05) is 17.7 Å². The number of likely N-dealkylation sites (tertiary alicyclic amines) is 1. The summed E-state index contributed by atoms with van der Waals surface area (Å²) < 4.78 is 5.54. The van der Waals surface area contributed by atoms with E-state index in [9.17, 15) is 14.7 Å². The molecule has 0 bridgehead atoms. The third kappa shape index (κ3) is 3.52. The van der Waals surface area contributed by atoms with Crippen molar-refractivity contribution in [2.24, 2.45) is 0 Å². The average molecular weight is 293 g/mol. The van der Waals surface area contributed by atoms with Gasteiger partial charge in [0.15, 0.2) is 6.10 Å². The number of carbonyl (C=O) groups excluding carboxylic acids is 1. The maximum absolute atomic E-state index is 12.3. The van der Waals surface area contributed by atoms with Crippen LogP contribution >= 0.6 is 0 Å². The highest BCUT2D eigenvalue weighted by Gasteiger charge is 2.40. The van der Waals surface area contributed by atoms with E-state index in [0.29, 0.717) is 5.75 Å². The maximum Gasteiger partial charge on any atom is 0.326 e. The fourth-order valence-corrected chi connectivity index (χ4v) is 2.40. The first-order valence-electron chi connectivity index (χ1n) is 6.83. The number of carboxylic acids is 1. The first-order valence-corrected chi connectivity index (χ1v) is 6.83. The number of hydrogen-bond acceptors (Lipinski definition) is 4. The SMILES string of the molecule is Cc1ccc(OC(C)C(=O)N2C[C@@H](O)C[C@H]2C(=O)O)cc1. The van der Waals surface area contributed by atoms with Gasteiger partial charge in [0, 0.05) is 13.0 Å². The molecule has 1 amide bonds. The van der Waals surface area contributed by atoms with E-state index in [0.717, 1.165) is 5.56 Å². The zero-order valence-corrected chi connectivity index (χ0v) is 12.0. The number of aliphatic hydroxyl groups is 1. The van der Waals surface area contributed by atoms with Crippen molar-refractivity contribution in [3.63, 3.8) is 0 Å². The van der Waals surface area contributed by atoms with E-state index in [2.05, 4.69) is 0 Å². The van der Waals surface area contributed by atoms with Crippen LogP contribution in [0.15, 0.2) is 24.3 Å². The Labute approximate surface area is 122 Å². The van der Waals surface area contributed by atoms with Gasteiger partial charge in [0.1, 0.15) is 11.8 Å². The van der Waals surface area contributed by atoms with Crippen molar-refractivity contribution in [2.45, 2.75) is 38.5 Å². The van der Waals surface area contributed by atoms with Gasteiger partial charge in [0.2, 0.25) is 0 Å². The molecule has 3 atom stereocenters. The van der Waals surface area contributed by atoms with Crippen molar-refractivity contribution in [2.75, 3.05) is 6.54 Å². The summed E-state index contributed by atoms with van der Waals surface area (Å²) in [6.45, 7) is 3.55. The number of β-amino-alcohol motifs (C(OH)–C–C–N with tert-alkyl or cyclic N) is 1. The molecule has 6 nitrogen and oxygen atoms in total. The highest BCUT2D eigenvalue weighted by Crippen LogP contribution is 2.21. The number of aliphatic hydroxyl groups excluding tert-OH is 1. The summed E-state index contributed by atoms with van der Waals surface area (Å²) in [6, 6.07) is 6.26. The lowest BCUT2D eigenvalue weighted by Gasteiger charge is -2.25. The number of nitrogens with zero attached hydrogens (tertiary/aromatic N) is 1. The summed E-state index contributed by atoms with van der Waals surface area (Å²) in [6.07, 6.45) is -1.56. The van der Waals surface area contributed by atoms with Gasteiger partial charge in [-0.3, -0.25) is 4.79 Å². The minimum atomic E-state index is -1.11. The normalized spacial score (nSPS) is 22.9. The summed E-state index contributed by atoms with van der Waals surface area (Å²) in [5, 5.41) is 18.7. The standard InChI is InChI=1S/C15H19NO5/c1-9-3-5-12(6-4-9)21-10(2)14(18)16-8-11(17)7-13(16)15(19)20/h3-6,10-11,13,17H,7-8H2,1-2H3,(H,19,20)/t10?,11-,13-/m0/s1. The summed E-state index contributed by atoms with van der Waals surface area (Å²) >= 11 is 0. The average Bonchev–Trinajstić information content (AvgIpc) is 2.82. The molecule has 0 saturated carbocycles. The molecule has 1 unspecified atom stereocenters. The predicted octanol–water partition coefficient (Wildman–Crippen LogP) is 0.809. The summed E-state index contributed by atoms with van der Waals surface area (Å²) in [4.78, 5) is 24.6. The number of ether oxygens (including phenoxy) is 1. The topological polar surface area (TPSA) is 87.1 Å². The van der Waals surface area contributed by atoms with Crippen LogP contribution in [0.1, 0.15) is 18.9 Å². The second-order valence-electron chi connectivity index (χ2n) is 5.31. The van der Waals surface area contributed by atoms with Crippen molar-refractivity contribution in [1.29, 1.82) is 0 Å². The summed E-state index contributed by atoms with van der Waals surface area (Å²) in [7, 11) is 0. The number of carboxylic acid groups (broad SMARTS) is 1. The Kier molecular flexibility index (Phi) is 4.47. The van der Waals surface area contributed by atoms with Gasteiger partial charge < -0.3 is 19.8 Å². The molecule has 0 aliphatic carbocycles. The second kappa shape index (κ2) is 6.13. The number of carbonyl (C=O) groups is 2. The molecule has 1 aliphatic heterocycles. The van der Waals surface area contributed by atoms with Crippen LogP contribution in [0.5, 0.6) is 5.75 Å². The number of rotatable bonds is 4. The van der Waals surface area contributed by atoms with E-state index in [1.165, 1.54) is 4.90 Å². The van der Waals surface area contributed by atoms with Crippen molar-refractivity contribution in [3.05, 3.63) is 29.8 Å². The fraction of sp³-hybridized carbons (Fsp3) is 0.467. The molecule has 1 fully saturated rings. The van der Waals surface area contributed by atoms with E-state index >= 15 is 0 Å². The molecule has 2 rings (SSSR count). The zero-order chi connectivity index (χ0) is 15.6. The Balaban J connectivity index is 2.04.